The maximum atomic E-state index is 11.8. The van der Waals surface area contributed by atoms with Gasteiger partial charge in [0.1, 0.15) is 0 Å². The number of benzene rings is 1. The van der Waals surface area contributed by atoms with Crippen LogP contribution in [0.25, 0.3) is 16.7 Å². The van der Waals surface area contributed by atoms with E-state index >= 15 is 0 Å². The Morgan fingerprint density at radius 3 is 3.09 bits per heavy atom. The average Bonchev–Trinajstić information content (AvgIpc) is 2.88. The Hall–Kier alpha value is -2.81. The number of halogens is 1. The standard InChI is InChI=1S/C12H8ClN3O6/c1-2-19-12(18)22-15-10-9-14-21-11(17)16(9)7-5-6(13)3-4-8(7)20-10/h3-5H,2H2,1H3/b15-10+. The van der Waals surface area contributed by atoms with E-state index in [1.54, 1.807) is 13.0 Å². The second-order valence-corrected chi connectivity index (χ2v) is 4.43. The topological polar surface area (TPSA) is 109 Å². The molecular formula is C12H8ClN3O6. The van der Waals surface area contributed by atoms with Crippen LogP contribution >= 0.6 is 11.6 Å². The smallest absolute Gasteiger partial charge is 0.433 e. The molecule has 3 rings (SSSR count). The van der Waals surface area contributed by atoms with Crippen molar-refractivity contribution < 1.29 is 23.3 Å². The highest BCUT2D eigenvalue weighted by Crippen LogP contribution is 2.17. The molecule has 9 nitrogen and oxygen atoms in total. The Bertz CT molecular complexity index is 986. The van der Waals surface area contributed by atoms with Gasteiger partial charge in [-0.1, -0.05) is 11.6 Å². The molecule has 2 heterocycles. The summed E-state index contributed by atoms with van der Waals surface area (Å²) in [5, 5.41) is 7.41. The lowest BCUT2D eigenvalue weighted by Gasteiger charge is -2.00. The number of carbonyl (C=O) groups excluding carboxylic acids is 1. The molecule has 0 aliphatic rings. The second kappa shape index (κ2) is 5.53. The zero-order valence-corrected chi connectivity index (χ0v) is 11.9. The summed E-state index contributed by atoms with van der Waals surface area (Å²) in [5.74, 6) is -0.759. The molecule has 2 aromatic heterocycles. The fourth-order valence-corrected chi connectivity index (χ4v) is 1.95. The van der Waals surface area contributed by atoms with E-state index in [1.165, 1.54) is 12.1 Å². The number of aromatic nitrogens is 2. The number of carbonyl (C=O) groups is 1. The summed E-state index contributed by atoms with van der Waals surface area (Å²) in [6, 6.07) is 4.59. The zero-order valence-electron chi connectivity index (χ0n) is 11.1. The molecule has 0 saturated heterocycles. The SMILES string of the molecule is CCOC(=O)O/N=c1/oc2ccc(Cl)cc2n2c(=O)onc12. The fourth-order valence-electron chi connectivity index (χ4n) is 1.78. The van der Waals surface area contributed by atoms with Gasteiger partial charge in [0.2, 0.25) is 5.65 Å². The van der Waals surface area contributed by atoms with Crippen molar-refractivity contribution in [2.75, 3.05) is 6.61 Å². The third kappa shape index (κ3) is 2.42. The highest BCUT2D eigenvalue weighted by molar-refractivity contribution is 6.31. The van der Waals surface area contributed by atoms with Crippen molar-refractivity contribution >= 4 is 34.5 Å². The summed E-state index contributed by atoms with van der Waals surface area (Å²) in [7, 11) is 0. The van der Waals surface area contributed by atoms with Crippen molar-refractivity contribution in [3.8, 4) is 0 Å². The Morgan fingerprint density at radius 1 is 1.50 bits per heavy atom. The summed E-state index contributed by atoms with van der Waals surface area (Å²) in [6.45, 7) is 1.74. The first kappa shape index (κ1) is 14.1. The Kier molecular flexibility index (Phi) is 3.55. The van der Waals surface area contributed by atoms with Gasteiger partial charge in [-0.15, -0.1) is 0 Å². The van der Waals surface area contributed by atoms with Gasteiger partial charge in [0.25, 0.3) is 0 Å². The molecule has 10 heteroatoms. The maximum absolute atomic E-state index is 11.8. The van der Waals surface area contributed by atoms with E-state index in [1.807, 2.05) is 0 Å². The van der Waals surface area contributed by atoms with E-state index in [-0.39, 0.29) is 23.4 Å². The first-order valence-electron chi connectivity index (χ1n) is 6.08. The fraction of sp³-hybridized carbons (Fsp3) is 0.167. The van der Waals surface area contributed by atoms with Crippen LogP contribution in [0.1, 0.15) is 6.92 Å². The molecule has 22 heavy (non-hydrogen) atoms. The van der Waals surface area contributed by atoms with Crippen LogP contribution in [0, 0.1) is 0 Å². The monoisotopic (exact) mass is 325 g/mol. The lowest BCUT2D eigenvalue weighted by Crippen LogP contribution is -2.15. The molecule has 114 valence electrons. The van der Waals surface area contributed by atoms with Crippen molar-refractivity contribution in [1.29, 1.82) is 0 Å². The lowest BCUT2D eigenvalue weighted by atomic mass is 10.3. The van der Waals surface area contributed by atoms with Gasteiger partial charge >= 0.3 is 17.5 Å². The van der Waals surface area contributed by atoms with Crippen molar-refractivity contribution in [1.82, 2.24) is 9.56 Å². The molecule has 0 saturated carbocycles. The molecule has 0 radical (unpaired) electrons. The minimum atomic E-state index is -1.02. The molecule has 3 aromatic rings. The van der Waals surface area contributed by atoms with Crippen LogP contribution in [0.5, 0.6) is 0 Å². The quantitative estimate of drug-likeness (QED) is 0.400. The first-order chi connectivity index (χ1) is 10.6. The van der Waals surface area contributed by atoms with Gasteiger partial charge in [-0.3, -0.25) is 9.36 Å². The van der Waals surface area contributed by atoms with Crippen LogP contribution in [0.15, 0.2) is 37.1 Å². The number of fused-ring (bicyclic) bond motifs is 3. The minimum absolute atomic E-state index is 0.0657. The second-order valence-electron chi connectivity index (χ2n) is 3.99. The maximum Gasteiger partial charge on any atom is 0.535 e. The third-order valence-electron chi connectivity index (χ3n) is 2.63. The van der Waals surface area contributed by atoms with Gasteiger partial charge in [0, 0.05) is 5.02 Å². The molecule has 0 spiro atoms. The van der Waals surface area contributed by atoms with Crippen LogP contribution < -0.4 is 11.3 Å². The van der Waals surface area contributed by atoms with Crippen molar-refractivity contribution in [3.63, 3.8) is 0 Å². The van der Waals surface area contributed by atoms with Gasteiger partial charge in [0.15, 0.2) is 5.58 Å². The normalized spacial score (nSPS) is 12.0. The van der Waals surface area contributed by atoms with E-state index < -0.39 is 11.9 Å². The Balaban J connectivity index is 2.26. The lowest BCUT2D eigenvalue weighted by molar-refractivity contribution is 0.0554. The van der Waals surface area contributed by atoms with Crippen molar-refractivity contribution in [2.24, 2.45) is 5.16 Å². The minimum Gasteiger partial charge on any atom is -0.433 e. The molecule has 1 aromatic carbocycles. The van der Waals surface area contributed by atoms with Crippen molar-refractivity contribution in [3.05, 3.63) is 39.3 Å². The molecule has 0 N–H and O–H groups in total. The van der Waals surface area contributed by atoms with Crippen LogP contribution in [0.3, 0.4) is 0 Å². The molecule has 0 atom stereocenters. The van der Waals surface area contributed by atoms with Gasteiger partial charge in [0.05, 0.1) is 12.1 Å². The van der Waals surface area contributed by atoms with Gasteiger partial charge in [-0.25, -0.2) is 14.0 Å². The summed E-state index contributed by atoms with van der Waals surface area (Å²) in [4.78, 5) is 27.4. The highest BCUT2D eigenvalue weighted by atomic mass is 35.5. The number of rotatable bonds is 2. The zero-order chi connectivity index (χ0) is 15.7. The Morgan fingerprint density at radius 2 is 2.32 bits per heavy atom. The summed E-state index contributed by atoms with van der Waals surface area (Å²) < 4.78 is 15.7. The Labute approximate surface area is 126 Å². The predicted octanol–water partition coefficient (Wildman–Crippen LogP) is 1.68. The van der Waals surface area contributed by atoms with E-state index in [9.17, 15) is 9.59 Å². The molecule has 0 fully saturated rings. The molecule has 0 aliphatic carbocycles. The number of hydrogen-bond donors (Lipinski definition) is 0. The molecule has 0 amide bonds. The van der Waals surface area contributed by atoms with E-state index in [0.717, 1.165) is 4.40 Å². The summed E-state index contributed by atoms with van der Waals surface area (Å²) in [6.07, 6.45) is -1.02. The van der Waals surface area contributed by atoms with Gasteiger partial charge in [-0.2, -0.15) is 0 Å². The molecule has 0 bridgehead atoms. The van der Waals surface area contributed by atoms with Gasteiger partial charge < -0.3 is 9.15 Å². The molecule has 0 aliphatic heterocycles. The van der Waals surface area contributed by atoms with Crippen LogP contribution in [0.2, 0.25) is 5.02 Å². The summed E-state index contributed by atoms with van der Waals surface area (Å²) >= 11 is 5.90. The van der Waals surface area contributed by atoms with Gasteiger partial charge in [-0.05, 0) is 35.4 Å². The summed E-state index contributed by atoms with van der Waals surface area (Å²) in [5.41, 5.74) is 0.315. The number of ether oxygens (including phenoxy) is 1. The highest BCUT2D eigenvalue weighted by Gasteiger charge is 2.14. The number of nitrogens with zero attached hydrogens (tertiary/aromatic N) is 3. The van der Waals surface area contributed by atoms with E-state index in [2.05, 4.69) is 24.4 Å². The van der Waals surface area contributed by atoms with Crippen molar-refractivity contribution in [2.45, 2.75) is 6.92 Å². The molecule has 0 unspecified atom stereocenters. The average molecular weight is 326 g/mol. The third-order valence-corrected chi connectivity index (χ3v) is 2.86. The number of hydrogen-bond acceptors (Lipinski definition) is 8. The predicted molar refractivity (Wildman–Crippen MR) is 72.2 cm³/mol. The van der Waals surface area contributed by atoms with E-state index in [0.29, 0.717) is 10.5 Å². The van der Waals surface area contributed by atoms with Crippen LogP contribution in [0.4, 0.5) is 4.79 Å². The first-order valence-corrected chi connectivity index (χ1v) is 6.46. The van der Waals surface area contributed by atoms with Crippen LogP contribution in [-0.2, 0) is 9.57 Å². The molecular weight excluding hydrogens is 318 g/mol. The van der Waals surface area contributed by atoms with E-state index in [4.69, 9.17) is 16.0 Å². The largest absolute Gasteiger partial charge is 0.535 e. The van der Waals surface area contributed by atoms with Crippen LogP contribution in [-0.4, -0.2) is 22.3 Å².